The Morgan fingerprint density at radius 1 is 1.17 bits per heavy atom. The summed E-state index contributed by atoms with van der Waals surface area (Å²) in [5.41, 5.74) is 0.301. The maximum atomic E-state index is 14.1. The number of nitrogens with zero attached hydrogens (tertiary/aromatic N) is 1. The minimum atomic E-state index is -1.04. The first-order valence-corrected chi connectivity index (χ1v) is 7.37. The van der Waals surface area contributed by atoms with Gasteiger partial charge in [-0.2, -0.15) is 0 Å². The van der Waals surface area contributed by atoms with E-state index >= 15 is 0 Å². The molecule has 120 valence electrons. The van der Waals surface area contributed by atoms with E-state index in [4.69, 9.17) is 0 Å². The molecule has 1 saturated heterocycles. The molecule has 2 heterocycles. The van der Waals surface area contributed by atoms with Crippen molar-refractivity contribution in [3.63, 3.8) is 0 Å². The highest BCUT2D eigenvalue weighted by Crippen LogP contribution is 2.34. The summed E-state index contributed by atoms with van der Waals surface area (Å²) in [6.07, 6.45) is 0.130. The Balaban J connectivity index is 2.06. The molecule has 7 heteroatoms. The Bertz CT molecular complexity index is 757. The van der Waals surface area contributed by atoms with Gasteiger partial charge in [0, 0.05) is 12.0 Å². The van der Waals surface area contributed by atoms with Gasteiger partial charge in [0.15, 0.2) is 0 Å². The zero-order valence-corrected chi connectivity index (χ0v) is 12.7. The van der Waals surface area contributed by atoms with Crippen molar-refractivity contribution in [3.05, 3.63) is 34.6 Å². The van der Waals surface area contributed by atoms with E-state index in [0.29, 0.717) is 0 Å². The van der Waals surface area contributed by atoms with E-state index in [9.17, 15) is 23.6 Å². The van der Waals surface area contributed by atoms with Crippen LogP contribution in [0.15, 0.2) is 12.1 Å². The molecule has 4 amide bonds. The van der Waals surface area contributed by atoms with Crippen molar-refractivity contribution < 1.29 is 23.6 Å². The number of rotatable bonds is 2. The van der Waals surface area contributed by atoms with E-state index in [1.54, 1.807) is 13.8 Å². The second kappa shape index (κ2) is 5.26. The van der Waals surface area contributed by atoms with Gasteiger partial charge in [-0.05, 0) is 24.5 Å². The molecule has 2 aliphatic rings. The van der Waals surface area contributed by atoms with Crippen molar-refractivity contribution >= 4 is 23.6 Å². The molecule has 0 bridgehead atoms. The number of hydrogen-bond donors (Lipinski definition) is 1. The van der Waals surface area contributed by atoms with Crippen molar-refractivity contribution in [2.24, 2.45) is 0 Å². The van der Waals surface area contributed by atoms with Crippen LogP contribution in [0.25, 0.3) is 0 Å². The second-order valence-corrected chi connectivity index (χ2v) is 5.99. The summed E-state index contributed by atoms with van der Waals surface area (Å²) in [7, 11) is 0. The standard InChI is InChI=1S/C16H15FN2O4/c1-7(2)12-9(17)4-3-8-13(12)16(23)19(15(8)22)10-5-6-11(20)18-14(10)21/h3-4,7,10H,5-6H2,1-2H3,(H,18,20,21). The summed E-state index contributed by atoms with van der Waals surface area (Å²) in [5, 5.41) is 2.12. The molecule has 6 nitrogen and oxygen atoms in total. The quantitative estimate of drug-likeness (QED) is 0.834. The molecule has 23 heavy (non-hydrogen) atoms. The van der Waals surface area contributed by atoms with Crippen molar-refractivity contribution in [2.45, 2.75) is 38.6 Å². The van der Waals surface area contributed by atoms with Gasteiger partial charge in [-0.3, -0.25) is 29.4 Å². The van der Waals surface area contributed by atoms with Gasteiger partial charge in [-0.15, -0.1) is 0 Å². The molecule has 0 aliphatic carbocycles. The summed E-state index contributed by atoms with van der Waals surface area (Å²) < 4.78 is 14.1. The van der Waals surface area contributed by atoms with Crippen LogP contribution in [-0.4, -0.2) is 34.6 Å². The lowest BCUT2D eigenvalue weighted by atomic mass is 9.94. The lowest BCUT2D eigenvalue weighted by Gasteiger charge is -2.27. The summed E-state index contributed by atoms with van der Waals surface area (Å²) >= 11 is 0. The zero-order valence-electron chi connectivity index (χ0n) is 12.7. The predicted octanol–water partition coefficient (Wildman–Crippen LogP) is 1.35. The smallest absolute Gasteiger partial charge is 0.262 e. The lowest BCUT2D eigenvalue weighted by Crippen LogP contribution is -2.54. The van der Waals surface area contributed by atoms with Crippen LogP contribution >= 0.6 is 0 Å². The molecule has 1 atom stereocenters. The lowest BCUT2D eigenvalue weighted by molar-refractivity contribution is -0.136. The van der Waals surface area contributed by atoms with Crippen LogP contribution in [-0.2, 0) is 9.59 Å². The van der Waals surface area contributed by atoms with E-state index < -0.39 is 35.5 Å². The molecule has 2 aliphatic heterocycles. The highest BCUT2D eigenvalue weighted by molar-refractivity contribution is 6.24. The number of amides is 4. The van der Waals surface area contributed by atoms with E-state index in [1.165, 1.54) is 6.07 Å². The Labute approximate surface area is 131 Å². The molecule has 1 aromatic carbocycles. The molecule has 0 spiro atoms. The predicted molar refractivity (Wildman–Crippen MR) is 77.2 cm³/mol. The molecule has 1 fully saturated rings. The molecule has 0 aromatic heterocycles. The number of carbonyl (C=O) groups is 4. The minimum Gasteiger partial charge on any atom is -0.295 e. The fraction of sp³-hybridized carbons (Fsp3) is 0.375. The van der Waals surface area contributed by atoms with Crippen LogP contribution in [0, 0.1) is 5.82 Å². The van der Waals surface area contributed by atoms with Crippen molar-refractivity contribution in [3.8, 4) is 0 Å². The largest absolute Gasteiger partial charge is 0.295 e. The first kappa shape index (κ1) is 15.3. The summed E-state index contributed by atoms with van der Waals surface area (Å²) in [5.74, 6) is -3.25. The van der Waals surface area contributed by atoms with Crippen molar-refractivity contribution in [2.75, 3.05) is 0 Å². The van der Waals surface area contributed by atoms with E-state index in [1.807, 2.05) is 0 Å². The van der Waals surface area contributed by atoms with Gasteiger partial charge in [-0.1, -0.05) is 13.8 Å². The number of hydrogen-bond acceptors (Lipinski definition) is 4. The van der Waals surface area contributed by atoms with Crippen LogP contribution < -0.4 is 5.32 Å². The van der Waals surface area contributed by atoms with Gasteiger partial charge < -0.3 is 0 Å². The maximum Gasteiger partial charge on any atom is 0.262 e. The number of fused-ring (bicyclic) bond motifs is 1. The van der Waals surface area contributed by atoms with E-state index in [0.717, 1.165) is 11.0 Å². The average Bonchev–Trinajstić information content (AvgIpc) is 2.71. The van der Waals surface area contributed by atoms with Gasteiger partial charge in [0.25, 0.3) is 11.8 Å². The first-order chi connectivity index (χ1) is 10.8. The molecule has 0 radical (unpaired) electrons. The van der Waals surface area contributed by atoms with Crippen LogP contribution in [0.1, 0.15) is 58.9 Å². The number of halogens is 1. The Hall–Kier alpha value is -2.57. The molecule has 3 rings (SSSR count). The van der Waals surface area contributed by atoms with Crippen LogP contribution in [0.2, 0.25) is 0 Å². The van der Waals surface area contributed by atoms with Crippen molar-refractivity contribution in [1.82, 2.24) is 10.2 Å². The van der Waals surface area contributed by atoms with Crippen LogP contribution in [0.5, 0.6) is 0 Å². The second-order valence-electron chi connectivity index (χ2n) is 5.99. The summed E-state index contributed by atoms with van der Waals surface area (Å²) in [6, 6.07) is 1.39. The van der Waals surface area contributed by atoms with Crippen LogP contribution in [0.3, 0.4) is 0 Å². The number of carbonyl (C=O) groups excluding carboxylic acids is 4. The highest BCUT2D eigenvalue weighted by Gasteiger charge is 2.46. The van der Waals surface area contributed by atoms with Crippen molar-refractivity contribution in [1.29, 1.82) is 0 Å². The average molecular weight is 318 g/mol. The van der Waals surface area contributed by atoms with E-state index in [-0.39, 0.29) is 35.4 Å². The molecule has 1 unspecified atom stereocenters. The molecular formula is C16H15FN2O4. The Morgan fingerprint density at radius 2 is 1.87 bits per heavy atom. The molecule has 1 N–H and O–H groups in total. The number of imide groups is 2. The fourth-order valence-corrected chi connectivity index (χ4v) is 3.12. The van der Waals surface area contributed by atoms with Gasteiger partial charge in [0.2, 0.25) is 11.8 Å². The summed E-state index contributed by atoms with van der Waals surface area (Å²) in [6.45, 7) is 3.45. The Morgan fingerprint density at radius 3 is 2.48 bits per heavy atom. The summed E-state index contributed by atoms with van der Waals surface area (Å²) in [4.78, 5) is 49.3. The number of piperidine rings is 1. The Kier molecular flexibility index (Phi) is 3.50. The van der Waals surface area contributed by atoms with Gasteiger partial charge in [0.1, 0.15) is 11.9 Å². The first-order valence-electron chi connectivity index (χ1n) is 7.37. The van der Waals surface area contributed by atoms with Gasteiger partial charge in [0.05, 0.1) is 11.1 Å². The number of nitrogens with one attached hydrogen (secondary N) is 1. The zero-order chi connectivity index (χ0) is 16.9. The topological polar surface area (TPSA) is 83.6 Å². The fourth-order valence-electron chi connectivity index (χ4n) is 3.12. The SMILES string of the molecule is CC(C)c1c(F)ccc2c1C(=O)N(C1CCC(=O)NC1=O)C2=O. The third kappa shape index (κ3) is 2.23. The highest BCUT2D eigenvalue weighted by atomic mass is 19.1. The monoisotopic (exact) mass is 318 g/mol. The number of benzene rings is 1. The maximum absolute atomic E-state index is 14.1. The van der Waals surface area contributed by atoms with Crippen LogP contribution in [0.4, 0.5) is 4.39 Å². The molecule has 0 saturated carbocycles. The third-order valence-electron chi connectivity index (χ3n) is 4.17. The minimum absolute atomic E-state index is 0.0229. The third-order valence-corrected chi connectivity index (χ3v) is 4.17. The normalized spacial score (nSPS) is 21.0. The van der Waals surface area contributed by atoms with E-state index in [2.05, 4.69) is 5.32 Å². The molecule has 1 aromatic rings. The van der Waals surface area contributed by atoms with Gasteiger partial charge in [-0.25, -0.2) is 4.39 Å². The van der Waals surface area contributed by atoms with Gasteiger partial charge >= 0.3 is 0 Å². The molecular weight excluding hydrogens is 303 g/mol.